The molecule has 0 bridgehead atoms. The molecule has 0 fully saturated rings. The lowest BCUT2D eigenvalue weighted by Crippen LogP contribution is -2.20. The van der Waals surface area contributed by atoms with Gasteiger partial charge in [0, 0.05) is 24.2 Å². The third kappa shape index (κ3) is 3.18. The van der Waals surface area contributed by atoms with Crippen LogP contribution < -0.4 is 10.9 Å². The molecule has 1 unspecified atom stereocenters. The number of aromatic nitrogens is 1. The highest BCUT2D eigenvalue weighted by Gasteiger charge is 2.10. The summed E-state index contributed by atoms with van der Waals surface area (Å²) in [4.78, 5) is 25.9. The van der Waals surface area contributed by atoms with Crippen LogP contribution in [0.25, 0.3) is 10.9 Å². The Kier molecular flexibility index (Phi) is 4.42. The van der Waals surface area contributed by atoms with Crippen LogP contribution in [0.4, 0.5) is 5.69 Å². The van der Waals surface area contributed by atoms with Crippen LogP contribution in [0.3, 0.4) is 0 Å². The number of benzene rings is 1. The minimum absolute atomic E-state index is 0.210. The van der Waals surface area contributed by atoms with Crippen LogP contribution in [-0.2, 0) is 16.1 Å². The maximum Gasteiger partial charge on any atom is 0.248 e. The van der Waals surface area contributed by atoms with Gasteiger partial charge in [-0.3, -0.25) is 9.59 Å². The standard InChI is InChI=1S/C14H15ClN2O3/c1-8(15)14(19)16-10-3-4-11-9(7-20-2)5-13(18)17-12(11)6-10/h3-6,8H,7H2,1-2H3,(H,16,19)(H,17,18). The van der Waals surface area contributed by atoms with Gasteiger partial charge in [0.15, 0.2) is 0 Å². The van der Waals surface area contributed by atoms with Crippen LogP contribution in [0.15, 0.2) is 29.1 Å². The van der Waals surface area contributed by atoms with Crippen molar-refractivity contribution in [1.82, 2.24) is 4.98 Å². The first kappa shape index (κ1) is 14.6. The normalized spacial score (nSPS) is 12.3. The Morgan fingerprint density at radius 3 is 2.85 bits per heavy atom. The summed E-state index contributed by atoms with van der Waals surface area (Å²) in [5, 5.41) is 2.94. The van der Waals surface area contributed by atoms with Gasteiger partial charge in [0.2, 0.25) is 11.5 Å². The Hall–Kier alpha value is -1.85. The summed E-state index contributed by atoms with van der Waals surface area (Å²) in [5.41, 5.74) is 1.82. The van der Waals surface area contributed by atoms with Gasteiger partial charge in [0.05, 0.1) is 12.1 Å². The molecule has 0 spiro atoms. The van der Waals surface area contributed by atoms with Crippen LogP contribution in [0.2, 0.25) is 0 Å². The summed E-state index contributed by atoms with van der Waals surface area (Å²) in [6, 6.07) is 6.79. The van der Waals surface area contributed by atoms with Crippen LogP contribution in [0, 0.1) is 0 Å². The van der Waals surface area contributed by atoms with E-state index in [-0.39, 0.29) is 11.5 Å². The molecule has 1 atom stereocenters. The summed E-state index contributed by atoms with van der Waals surface area (Å²) in [6.07, 6.45) is 0. The van der Waals surface area contributed by atoms with Crippen molar-refractivity contribution in [3.63, 3.8) is 0 Å². The molecule has 106 valence electrons. The fourth-order valence-electron chi connectivity index (χ4n) is 1.93. The average Bonchev–Trinajstić information content (AvgIpc) is 2.38. The van der Waals surface area contributed by atoms with E-state index in [1.165, 1.54) is 6.07 Å². The molecule has 1 heterocycles. The first-order valence-electron chi connectivity index (χ1n) is 6.11. The topological polar surface area (TPSA) is 71.2 Å². The Labute approximate surface area is 120 Å². The Morgan fingerprint density at radius 1 is 1.45 bits per heavy atom. The van der Waals surface area contributed by atoms with E-state index in [9.17, 15) is 9.59 Å². The van der Waals surface area contributed by atoms with Gasteiger partial charge in [0.25, 0.3) is 0 Å². The molecular weight excluding hydrogens is 280 g/mol. The fourth-order valence-corrected chi connectivity index (χ4v) is 1.98. The number of carbonyl (C=O) groups is 1. The van der Waals surface area contributed by atoms with Gasteiger partial charge in [-0.25, -0.2) is 0 Å². The van der Waals surface area contributed by atoms with Crippen molar-refractivity contribution >= 4 is 34.1 Å². The lowest BCUT2D eigenvalue weighted by molar-refractivity contribution is -0.115. The zero-order chi connectivity index (χ0) is 14.7. The molecule has 2 aromatic rings. The Morgan fingerprint density at radius 2 is 2.20 bits per heavy atom. The van der Waals surface area contributed by atoms with Gasteiger partial charge in [0.1, 0.15) is 5.38 Å². The SMILES string of the molecule is COCc1cc(=O)[nH]c2cc(NC(=O)C(C)Cl)ccc12. The number of methoxy groups -OCH3 is 1. The van der Waals surface area contributed by atoms with Crippen LogP contribution >= 0.6 is 11.6 Å². The second kappa shape index (κ2) is 6.07. The number of H-pyrrole nitrogens is 1. The minimum atomic E-state index is -0.621. The van der Waals surface area contributed by atoms with E-state index in [1.807, 2.05) is 6.07 Å². The van der Waals surface area contributed by atoms with E-state index < -0.39 is 5.38 Å². The van der Waals surface area contributed by atoms with Gasteiger partial charge in [-0.2, -0.15) is 0 Å². The molecule has 20 heavy (non-hydrogen) atoms. The highest BCUT2D eigenvalue weighted by Crippen LogP contribution is 2.20. The van der Waals surface area contributed by atoms with Gasteiger partial charge in [-0.05, 0) is 24.6 Å². The number of amides is 1. The summed E-state index contributed by atoms with van der Waals surface area (Å²) >= 11 is 5.70. The zero-order valence-electron chi connectivity index (χ0n) is 11.2. The van der Waals surface area contributed by atoms with Crippen molar-refractivity contribution in [2.75, 3.05) is 12.4 Å². The number of ether oxygens (including phenoxy) is 1. The van der Waals surface area contributed by atoms with Gasteiger partial charge in [-0.1, -0.05) is 6.07 Å². The lowest BCUT2D eigenvalue weighted by Gasteiger charge is -2.09. The van der Waals surface area contributed by atoms with E-state index in [4.69, 9.17) is 16.3 Å². The molecule has 1 aromatic heterocycles. The van der Waals surface area contributed by atoms with Crippen molar-refractivity contribution in [3.05, 3.63) is 40.2 Å². The number of carbonyl (C=O) groups excluding carboxylic acids is 1. The number of alkyl halides is 1. The van der Waals surface area contributed by atoms with Crippen molar-refractivity contribution in [1.29, 1.82) is 0 Å². The molecular formula is C14H15ClN2O3. The molecule has 0 aliphatic rings. The second-order valence-corrected chi connectivity index (χ2v) is 5.11. The van der Waals surface area contributed by atoms with E-state index in [0.29, 0.717) is 17.8 Å². The molecule has 1 aromatic carbocycles. The van der Waals surface area contributed by atoms with Crippen molar-refractivity contribution in [2.24, 2.45) is 0 Å². The van der Waals surface area contributed by atoms with E-state index in [2.05, 4.69) is 10.3 Å². The van der Waals surface area contributed by atoms with Crippen LogP contribution in [-0.4, -0.2) is 23.4 Å². The molecule has 6 heteroatoms. The predicted octanol–water partition coefficient (Wildman–Crippen LogP) is 2.24. The van der Waals surface area contributed by atoms with Gasteiger partial charge >= 0.3 is 0 Å². The summed E-state index contributed by atoms with van der Waals surface area (Å²) in [7, 11) is 1.57. The number of halogens is 1. The average molecular weight is 295 g/mol. The molecule has 2 N–H and O–H groups in total. The first-order valence-corrected chi connectivity index (χ1v) is 6.54. The fraction of sp³-hybridized carbons (Fsp3) is 0.286. The van der Waals surface area contributed by atoms with E-state index in [0.717, 1.165) is 10.9 Å². The maximum atomic E-state index is 11.6. The van der Waals surface area contributed by atoms with Gasteiger partial charge in [-0.15, -0.1) is 11.6 Å². The number of pyridine rings is 1. The van der Waals surface area contributed by atoms with Crippen LogP contribution in [0.5, 0.6) is 0 Å². The molecule has 2 rings (SSSR count). The number of anilines is 1. The number of hydrogen-bond donors (Lipinski definition) is 2. The quantitative estimate of drug-likeness (QED) is 0.850. The molecule has 0 saturated carbocycles. The smallest absolute Gasteiger partial charge is 0.248 e. The molecule has 0 radical (unpaired) electrons. The maximum absolute atomic E-state index is 11.6. The summed E-state index contributed by atoms with van der Waals surface area (Å²) in [5.74, 6) is -0.290. The minimum Gasteiger partial charge on any atom is -0.380 e. The van der Waals surface area contributed by atoms with Crippen LogP contribution in [0.1, 0.15) is 12.5 Å². The number of aromatic amines is 1. The first-order chi connectivity index (χ1) is 9.51. The van der Waals surface area contributed by atoms with E-state index in [1.54, 1.807) is 26.2 Å². The lowest BCUT2D eigenvalue weighted by atomic mass is 10.1. The van der Waals surface area contributed by atoms with Crippen molar-refractivity contribution < 1.29 is 9.53 Å². The second-order valence-electron chi connectivity index (χ2n) is 4.46. The number of nitrogens with one attached hydrogen (secondary N) is 2. The number of fused-ring (bicyclic) bond motifs is 1. The molecule has 5 nitrogen and oxygen atoms in total. The highest BCUT2D eigenvalue weighted by atomic mass is 35.5. The monoisotopic (exact) mass is 294 g/mol. The molecule has 0 aliphatic heterocycles. The zero-order valence-corrected chi connectivity index (χ0v) is 12.0. The van der Waals surface area contributed by atoms with Crippen molar-refractivity contribution in [2.45, 2.75) is 18.9 Å². The number of rotatable bonds is 4. The Bertz CT molecular complexity index is 694. The molecule has 1 amide bonds. The summed E-state index contributed by atoms with van der Waals surface area (Å²) < 4.78 is 5.08. The Balaban J connectivity index is 2.44. The third-order valence-electron chi connectivity index (χ3n) is 2.86. The highest BCUT2D eigenvalue weighted by molar-refractivity contribution is 6.32. The predicted molar refractivity (Wildman–Crippen MR) is 79.2 cm³/mol. The van der Waals surface area contributed by atoms with Gasteiger partial charge < -0.3 is 15.0 Å². The van der Waals surface area contributed by atoms with E-state index >= 15 is 0 Å². The summed E-state index contributed by atoms with van der Waals surface area (Å²) in [6.45, 7) is 1.95. The third-order valence-corrected chi connectivity index (χ3v) is 3.06. The number of hydrogen-bond acceptors (Lipinski definition) is 3. The molecule has 0 aliphatic carbocycles. The molecule has 0 saturated heterocycles. The van der Waals surface area contributed by atoms with Crippen molar-refractivity contribution in [3.8, 4) is 0 Å². The largest absolute Gasteiger partial charge is 0.380 e.